The van der Waals surface area contributed by atoms with Crippen molar-refractivity contribution < 1.29 is 4.74 Å². The molecule has 2 aromatic carbocycles. The number of thiazole rings is 1. The average Bonchev–Trinajstić information content (AvgIpc) is 3.14. The summed E-state index contributed by atoms with van der Waals surface area (Å²) >= 11 is 5.22. The lowest BCUT2D eigenvalue weighted by atomic mass is 10.2. The predicted molar refractivity (Wildman–Crippen MR) is 114 cm³/mol. The number of anilines is 3. The van der Waals surface area contributed by atoms with Gasteiger partial charge < -0.3 is 15.0 Å². The molecule has 136 valence electrons. The van der Waals surface area contributed by atoms with Gasteiger partial charge in [-0.2, -0.15) is 0 Å². The molecule has 2 aromatic heterocycles. The summed E-state index contributed by atoms with van der Waals surface area (Å²) in [6, 6.07) is 12.0. The van der Waals surface area contributed by atoms with Crippen LogP contribution < -0.4 is 10.2 Å². The Kier molecular flexibility index (Phi) is 4.31. The van der Waals surface area contributed by atoms with Gasteiger partial charge in [0, 0.05) is 36.4 Å². The Balaban J connectivity index is 1.55. The van der Waals surface area contributed by atoms with E-state index in [4.69, 9.17) is 14.7 Å². The number of nitrogens with one attached hydrogen (secondary N) is 1. The van der Waals surface area contributed by atoms with Gasteiger partial charge in [0.15, 0.2) is 10.0 Å². The van der Waals surface area contributed by atoms with Crippen molar-refractivity contribution in [2.75, 3.05) is 36.5 Å². The summed E-state index contributed by atoms with van der Waals surface area (Å²) in [5.41, 5.74) is 2.84. The highest BCUT2D eigenvalue weighted by Crippen LogP contribution is 2.34. The molecule has 0 spiro atoms. The second-order valence-electron chi connectivity index (χ2n) is 6.35. The van der Waals surface area contributed by atoms with Gasteiger partial charge in [0.05, 0.1) is 28.9 Å². The molecule has 0 bridgehead atoms. The molecule has 1 N–H and O–H groups in total. The van der Waals surface area contributed by atoms with E-state index in [9.17, 15) is 0 Å². The monoisotopic (exact) mass is 396 g/mol. The number of nitrogens with zero attached hydrogens (tertiary/aromatic N) is 4. The first kappa shape index (κ1) is 16.7. The highest BCUT2D eigenvalue weighted by molar-refractivity contribution is 7.58. The van der Waals surface area contributed by atoms with Crippen molar-refractivity contribution in [1.29, 1.82) is 0 Å². The highest BCUT2D eigenvalue weighted by atomic mass is 32.1. The SMILES string of the molecule is [SH2+]c1cccc(Nc2ncc3ccc4nc(N5CCOCC5)sc4c3n2)c1. The number of hydrogen-bond donors (Lipinski definition) is 1. The van der Waals surface area contributed by atoms with Gasteiger partial charge in [0.1, 0.15) is 0 Å². The van der Waals surface area contributed by atoms with Gasteiger partial charge in [0.2, 0.25) is 5.95 Å². The first-order valence-corrected chi connectivity index (χ1v) is 10.1. The molecule has 3 heterocycles. The number of aromatic nitrogens is 3. The van der Waals surface area contributed by atoms with Gasteiger partial charge in [-0.15, -0.1) is 0 Å². The van der Waals surface area contributed by atoms with Gasteiger partial charge in [-0.25, -0.2) is 15.0 Å². The van der Waals surface area contributed by atoms with E-state index in [1.165, 1.54) is 0 Å². The van der Waals surface area contributed by atoms with Crippen LogP contribution in [0, 0.1) is 0 Å². The molecule has 4 aromatic rings. The molecule has 0 saturated carbocycles. The summed E-state index contributed by atoms with van der Waals surface area (Å²) in [6.07, 6.45) is 1.86. The quantitative estimate of drug-likeness (QED) is 0.537. The Morgan fingerprint density at radius 1 is 1.11 bits per heavy atom. The Labute approximate surface area is 165 Å². The van der Waals surface area contributed by atoms with E-state index < -0.39 is 0 Å². The summed E-state index contributed by atoms with van der Waals surface area (Å²) in [5, 5.41) is 5.32. The van der Waals surface area contributed by atoms with Crippen LogP contribution >= 0.6 is 11.3 Å². The van der Waals surface area contributed by atoms with E-state index in [1.54, 1.807) is 11.3 Å². The number of fused-ring (bicyclic) bond motifs is 3. The molecular formula is C19H18N5OS2+. The van der Waals surface area contributed by atoms with E-state index in [2.05, 4.69) is 27.8 Å². The van der Waals surface area contributed by atoms with Crippen molar-refractivity contribution >= 4 is 61.9 Å². The van der Waals surface area contributed by atoms with E-state index in [1.807, 2.05) is 42.6 Å². The van der Waals surface area contributed by atoms with Crippen LogP contribution in [0.15, 0.2) is 47.5 Å². The van der Waals surface area contributed by atoms with Crippen molar-refractivity contribution in [3.8, 4) is 0 Å². The highest BCUT2D eigenvalue weighted by Gasteiger charge is 2.17. The van der Waals surface area contributed by atoms with Crippen molar-refractivity contribution in [2.24, 2.45) is 0 Å². The van der Waals surface area contributed by atoms with Crippen LogP contribution in [0.3, 0.4) is 0 Å². The molecule has 27 heavy (non-hydrogen) atoms. The minimum Gasteiger partial charge on any atom is -0.378 e. The maximum atomic E-state index is 5.45. The fraction of sp³-hybridized carbons (Fsp3) is 0.211. The number of hydrogen-bond acceptors (Lipinski definition) is 7. The first-order valence-electron chi connectivity index (χ1n) is 8.74. The molecule has 1 aliphatic rings. The molecule has 6 nitrogen and oxygen atoms in total. The van der Waals surface area contributed by atoms with Crippen LogP contribution in [0.2, 0.25) is 0 Å². The third-order valence-corrected chi connectivity index (χ3v) is 5.94. The van der Waals surface area contributed by atoms with Crippen LogP contribution in [0.1, 0.15) is 0 Å². The smallest absolute Gasteiger partial charge is 0.227 e. The van der Waals surface area contributed by atoms with Gasteiger partial charge >= 0.3 is 0 Å². The van der Waals surface area contributed by atoms with E-state index in [-0.39, 0.29) is 0 Å². The van der Waals surface area contributed by atoms with Crippen LogP contribution in [-0.2, 0) is 17.4 Å². The van der Waals surface area contributed by atoms with Crippen LogP contribution in [0.25, 0.3) is 21.1 Å². The van der Waals surface area contributed by atoms with Gasteiger partial charge in [-0.3, -0.25) is 0 Å². The molecule has 5 rings (SSSR count). The zero-order chi connectivity index (χ0) is 18.2. The Hall–Kier alpha value is -2.42. The number of ether oxygens (including phenoxy) is 1. The lowest BCUT2D eigenvalue weighted by molar-refractivity contribution is 0.122. The van der Waals surface area contributed by atoms with Gasteiger partial charge in [-0.1, -0.05) is 17.4 Å². The Morgan fingerprint density at radius 3 is 2.85 bits per heavy atom. The fourth-order valence-corrected chi connectivity index (χ4v) is 4.51. The lowest BCUT2D eigenvalue weighted by Gasteiger charge is -2.25. The third kappa shape index (κ3) is 3.31. The number of benzene rings is 2. The number of morpholine rings is 1. The molecule has 0 unspecified atom stereocenters. The molecule has 0 radical (unpaired) electrons. The molecular weight excluding hydrogens is 378 g/mol. The topological polar surface area (TPSA) is 63.2 Å². The molecule has 0 atom stereocenters. The van der Waals surface area contributed by atoms with E-state index in [0.717, 1.165) is 63.1 Å². The lowest BCUT2D eigenvalue weighted by Crippen LogP contribution is -2.36. The van der Waals surface area contributed by atoms with Gasteiger partial charge in [-0.05, 0) is 36.9 Å². The minimum absolute atomic E-state index is 0.577. The van der Waals surface area contributed by atoms with Crippen molar-refractivity contribution in [3.05, 3.63) is 42.6 Å². The Morgan fingerprint density at radius 2 is 2.00 bits per heavy atom. The second-order valence-corrected chi connectivity index (χ2v) is 7.90. The van der Waals surface area contributed by atoms with E-state index in [0.29, 0.717) is 5.95 Å². The average molecular weight is 397 g/mol. The molecule has 0 amide bonds. The fourth-order valence-electron chi connectivity index (χ4n) is 3.14. The maximum absolute atomic E-state index is 5.45. The zero-order valence-corrected chi connectivity index (χ0v) is 16.3. The zero-order valence-electron chi connectivity index (χ0n) is 14.5. The first-order chi connectivity index (χ1) is 13.3. The maximum Gasteiger partial charge on any atom is 0.227 e. The second kappa shape index (κ2) is 6.95. The van der Waals surface area contributed by atoms with E-state index >= 15 is 0 Å². The predicted octanol–water partition coefficient (Wildman–Crippen LogP) is 3.19. The van der Waals surface area contributed by atoms with Crippen molar-refractivity contribution in [3.63, 3.8) is 0 Å². The van der Waals surface area contributed by atoms with Crippen molar-refractivity contribution in [2.45, 2.75) is 4.90 Å². The van der Waals surface area contributed by atoms with Crippen LogP contribution in [0.5, 0.6) is 0 Å². The molecule has 1 aliphatic heterocycles. The number of rotatable bonds is 3. The standard InChI is InChI=1S/C19H17N5OS2/c26-14-3-1-2-13(10-14)21-18-20-11-12-4-5-15-17(16(12)23-18)27-19(22-15)24-6-8-25-9-7-24/h1-5,10-11,26H,6-9H2,(H,20,21,23)/p+1. The molecule has 1 saturated heterocycles. The molecule has 1 fully saturated rings. The van der Waals surface area contributed by atoms with Crippen LogP contribution in [0.4, 0.5) is 16.8 Å². The molecule has 8 heteroatoms. The summed E-state index contributed by atoms with van der Waals surface area (Å²) < 4.78 is 6.54. The van der Waals surface area contributed by atoms with Crippen LogP contribution in [-0.4, -0.2) is 41.3 Å². The van der Waals surface area contributed by atoms with Crippen molar-refractivity contribution in [1.82, 2.24) is 15.0 Å². The summed E-state index contributed by atoms with van der Waals surface area (Å²) in [7, 11) is 0. The minimum atomic E-state index is 0.577. The molecule has 0 aliphatic carbocycles. The summed E-state index contributed by atoms with van der Waals surface area (Å²) in [6.45, 7) is 3.25. The summed E-state index contributed by atoms with van der Waals surface area (Å²) in [5.74, 6) is 0.577. The normalized spacial score (nSPS) is 14.8. The largest absolute Gasteiger partial charge is 0.378 e. The van der Waals surface area contributed by atoms with Gasteiger partial charge in [0.25, 0.3) is 0 Å². The Bertz CT molecular complexity index is 1120. The summed E-state index contributed by atoms with van der Waals surface area (Å²) in [4.78, 5) is 17.3. The third-order valence-electron chi connectivity index (χ3n) is 4.50.